The van der Waals surface area contributed by atoms with Gasteiger partial charge in [-0.3, -0.25) is 13.9 Å². The average molecular weight is 697 g/mol. The number of rotatable bonds is 13. The topological polar surface area (TPSA) is 86.8 Å². The van der Waals surface area contributed by atoms with Crippen LogP contribution in [-0.4, -0.2) is 44.3 Å². The van der Waals surface area contributed by atoms with E-state index in [-0.39, 0.29) is 29.7 Å². The summed E-state index contributed by atoms with van der Waals surface area (Å²) in [4.78, 5) is 29.7. The Morgan fingerprint density at radius 3 is 2.07 bits per heavy atom. The Hall–Kier alpha value is -3.66. The molecule has 0 unspecified atom stereocenters. The number of anilines is 1. The van der Waals surface area contributed by atoms with Crippen molar-refractivity contribution in [3.8, 4) is 0 Å². The second-order valence-electron chi connectivity index (χ2n) is 10.8. The zero-order chi connectivity index (χ0) is 31.7. The van der Waals surface area contributed by atoms with Gasteiger partial charge in [-0.2, -0.15) is 0 Å². The first-order valence-electron chi connectivity index (χ1n) is 14.2. The van der Waals surface area contributed by atoms with Gasteiger partial charge in [0.1, 0.15) is 12.6 Å². The van der Waals surface area contributed by atoms with Crippen LogP contribution >= 0.6 is 27.5 Å². The van der Waals surface area contributed by atoms with Crippen LogP contribution in [0, 0.1) is 5.92 Å². The van der Waals surface area contributed by atoms with Crippen LogP contribution in [0.25, 0.3) is 0 Å². The molecule has 0 saturated carbocycles. The van der Waals surface area contributed by atoms with Crippen LogP contribution in [0.2, 0.25) is 5.02 Å². The van der Waals surface area contributed by atoms with Crippen molar-refractivity contribution in [2.45, 2.75) is 37.8 Å². The molecular formula is C34H35BrClN3O4S. The van der Waals surface area contributed by atoms with E-state index in [9.17, 15) is 18.0 Å². The monoisotopic (exact) mass is 695 g/mol. The fourth-order valence-corrected chi connectivity index (χ4v) is 6.58. The maximum absolute atomic E-state index is 14.4. The molecule has 0 bridgehead atoms. The molecule has 0 radical (unpaired) electrons. The van der Waals surface area contributed by atoms with Gasteiger partial charge >= 0.3 is 0 Å². The van der Waals surface area contributed by atoms with Gasteiger partial charge in [0.05, 0.1) is 10.6 Å². The Morgan fingerprint density at radius 2 is 1.45 bits per heavy atom. The molecule has 0 spiro atoms. The van der Waals surface area contributed by atoms with E-state index in [1.807, 2.05) is 50.2 Å². The van der Waals surface area contributed by atoms with Crippen molar-refractivity contribution in [2.24, 2.45) is 5.92 Å². The lowest BCUT2D eigenvalue weighted by molar-refractivity contribution is -0.140. The van der Waals surface area contributed by atoms with Gasteiger partial charge in [0.2, 0.25) is 11.8 Å². The molecule has 4 aromatic carbocycles. The molecule has 10 heteroatoms. The first-order valence-corrected chi connectivity index (χ1v) is 16.8. The number of sulfonamides is 1. The van der Waals surface area contributed by atoms with Crippen LogP contribution in [0.3, 0.4) is 0 Å². The van der Waals surface area contributed by atoms with Gasteiger partial charge in [-0.25, -0.2) is 8.42 Å². The third-order valence-corrected chi connectivity index (χ3v) is 9.47. The third-order valence-electron chi connectivity index (χ3n) is 6.92. The van der Waals surface area contributed by atoms with E-state index in [0.717, 1.165) is 14.3 Å². The lowest BCUT2D eigenvalue weighted by Gasteiger charge is -2.34. The molecule has 2 amide bonds. The summed E-state index contributed by atoms with van der Waals surface area (Å²) in [5.74, 6) is -0.663. The first kappa shape index (κ1) is 33.2. The predicted octanol–water partition coefficient (Wildman–Crippen LogP) is 6.71. The summed E-state index contributed by atoms with van der Waals surface area (Å²) in [7, 11) is -4.15. The highest BCUT2D eigenvalue weighted by Crippen LogP contribution is 2.26. The molecule has 0 aliphatic carbocycles. The minimum absolute atomic E-state index is 0.0472. The fraction of sp³-hybridized carbons (Fsp3) is 0.235. The first-order chi connectivity index (χ1) is 21.0. The Labute approximate surface area is 273 Å². The summed E-state index contributed by atoms with van der Waals surface area (Å²) >= 11 is 9.69. The van der Waals surface area contributed by atoms with Crippen LogP contribution in [0.15, 0.2) is 119 Å². The number of carbonyl (C=O) groups is 2. The third kappa shape index (κ3) is 8.94. The minimum Gasteiger partial charge on any atom is -0.354 e. The molecule has 0 heterocycles. The number of carbonyl (C=O) groups excluding carboxylic acids is 2. The standard InChI is InChI=1S/C34H35BrClN3O4S/c1-25(2)22-37-34(41)32(21-26-10-5-3-6-11-26)38(23-27-12-9-13-29(36)20-27)33(40)24-39(30-18-16-28(35)17-19-30)44(42,43)31-14-7-4-8-15-31/h3-20,25,32H,21-24H2,1-2H3,(H,37,41)/t32-/m0/s1. The number of hydrogen-bond donors (Lipinski definition) is 1. The van der Waals surface area contributed by atoms with E-state index in [0.29, 0.717) is 22.8 Å². The van der Waals surface area contributed by atoms with Crippen molar-refractivity contribution in [1.82, 2.24) is 10.2 Å². The Balaban J connectivity index is 1.79. The van der Waals surface area contributed by atoms with Crippen LogP contribution < -0.4 is 9.62 Å². The lowest BCUT2D eigenvalue weighted by Crippen LogP contribution is -2.53. The largest absolute Gasteiger partial charge is 0.354 e. The molecule has 0 aliphatic rings. The number of hydrogen-bond acceptors (Lipinski definition) is 4. The van der Waals surface area contributed by atoms with Crippen molar-refractivity contribution in [3.05, 3.63) is 130 Å². The summed E-state index contributed by atoms with van der Waals surface area (Å²) in [6.45, 7) is 3.93. The maximum atomic E-state index is 14.4. The minimum atomic E-state index is -4.15. The quantitative estimate of drug-likeness (QED) is 0.168. The van der Waals surface area contributed by atoms with Gasteiger partial charge in [0, 0.05) is 29.0 Å². The van der Waals surface area contributed by atoms with Crippen LogP contribution in [-0.2, 0) is 32.6 Å². The highest BCUT2D eigenvalue weighted by molar-refractivity contribution is 9.10. The van der Waals surface area contributed by atoms with Crippen molar-refractivity contribution in [3.63, 3.8) is 0 Å². The van der Waals surface area contributed by atoms with E-state index in [1.165, 1.54) is 17.0 Å². The van der Waals surface area contributed by atoms with Crippen molar-refractivity contribution in [2.75, 3.05) is 17.4 Å². The molecule has 0 saturated heterocycles. The molecule has 4 rings (SSSR count). The molecule has 0 aromatic heterocycles. The second kappa shape index (κ2) is 15.4. The molecule has 0 aliphatic heterocycles. The van der Waals surface area contributed by atoms with Crippen LogP contribution in [0.1, 0.15) is 25.0 Å². The Kier molecular flexibility index (Phi) is 11.6. The van der Waals surface area contributed by atoms with Gasteiger partial charge < -0.3 is 10.2 Å². The Bertz CT molecular complexity index is 1650. The second-order valence-corrected chi connectivity index (χ2v) is 14.0. The van der Waals surface area contributed by atoms with Crippen molar-refractivity contribution >= 4 is 55.1 Å². The van der Waals surface area contributed by atoms with Gasteiger partial charge in [0.15, 0.2) is 0 Å². The summed E-state index contributed by atoms with van der Waals surface area (Å²) in [5.41, 5.74) is 1.89. The molecule has 230 valence electrons. The lowest BCUT2D eigenvalue weighted by atomic mass is 10.0. The van der Waals surface area contributed by atoms with E-state index in [4.69, 9.17) is 11.6 Å². The highest BCUT2D eigenvalue weighted by atomic mass is 79.9. The molecule has 4 aromatic rings. The number of halogens is 2. The Morgan fingerprint density at radius 1 is 0.841 bits per heavy atom. The average Bonchev–Trinajstić information content (AvgIpc) is 3.01. The van der Waals surface area contributed by atoms with Gasteiger partial charge in [-0.05, 0) is 65.6 Å². The fourth-order valence-electron chi connectivity index (χ4n) is 4.66. The smallest absolute Gasteiger partial charge is 0.264 e. The SMILES string of the molecule is CC(C)CNC(=O)[C@H](Cc1ccccc1)N(Cc1cccc(Cl)c1)C(=O)CN(c1ccc(Br)cc1)S(=O)(=O)c1ccccc1. The van der Waals surface area contributed by atoms with E-state index in [2.05, 4.69) is 21.2 Å². The van der Waals surface area contributed by atoms with Crippen LogP contribution in [0.4, 0.5) is 5.69 Å². The van der Waals surface area contributed by atoms with E-state index in [1.54, 1.807) is 60.7 Å². The van der Waals surface area contributed by atoms with Gasteiger partial charge in [0.25, 0.3) is 10.0 Å². The van der Waals surface area contributed by atoms with Crippen LogP contribution in [0.5, 0.6) is 0 Å². The van der Waals surface area contributed by atoms with E-state index < -0.39 is 28.5 Å². The van der Waals surface area contributed by atoms with Gasteiger partial charge in [-0.15, -0.1) is 0 Å². The summed E-state index contributed by atoms with van der Waals surface area (Å²) in [5, 5.41) is 3.47. The summed E-state index contributed by atoms with van der Waals surface area (Å²) in [6.07, 6.45) is 0.237. The number of benzene rings is 4. The summed E-state index contributed by atoms with van der Waals surface area (Å²) in [6, 6.07) is 30.3. The van der Waals surface area contributed by atoms with Gasteiger partial charge in [-0.1, -0.05) is 102 Å². The van der Waals surface area contributed by atoms with E-state index >= 15 is 0 Å². The number of nitrogens with one attached hydrogen (secondary N) is 1. The maximum Gasteiger partial charge on any atom is 0.264 e. The number of nitrogens with zero attached hydrogens (tertiary/aromatic N) is 2. The predicted molar refractivity (Wildman–Crippen MR) is 179 cm³/mol. The molecule has 7 nitrogen and oxygen atoms in total. The number of amides is 2. The molecule has 0 fully saturated rings. The molecule has 1 atom stereocenters. The van der Waals surface area contributed by atoms with Crippen molar-refractivity contribution in [1.29, 1.82) is 0 Å². The highest BCUT2D eigenvalue weighted by Gasteiger charge is 2.34. The zero-order valence-corrected chi connectivity index (χ0v) is 27.7. The normalized spacial score (nSPS) is 12.0. The summed E-state index contributed by atoms with van der Waals surface area (Å²) < 4.78 is 29.8. The molecule has 44 heavy (non-hydrogen) atoms. The molecular weight excluding hydrogens is 662 g/mol. The zero-order valence-electron chi connectivity index (χ0n) is 24.6. The van der Waals surface area contributed by atoms with Crippen molar-refractivity contribution < 1.29 is 18.0 Å². The molecule has 1 N–H and O–H groups in total.